The van der Waals surface area contributed by atoms with Crippen LogP contribution in [0, 0.1) is 0 Å². The van der Waals surface area contributed by atoms with E-state index in [9.17, 15) is 0 Å². The summed E-state index contributed by atoms with van der Waals surface area (Å²) in [6, 6.07) is 8.07. The van der Waals surface area contributed by atoms with Crippen LogP contribution in [0.4, 0.5) is 0 Å². The molecule has 0 unspecified atom stereocenters. The molecule has 0 aromatic heterocycles. The highest BCUT2D eigenvalue weighted by atomic mass is 16.5. The third kappa shape index (κ3) is 4.64. The lowest BCUT2D eigenvalue weighted by atomic mass is 10.2. The van der Waals surface area contributed by atoms with Crippen molar-refractivity contribution >= 4 is 0 Å². The SMILES string of the molecule is CCCOCCOc1ccccc1CNC. The van der Waals surface area contributed by atoms with E-state index in [4.69, 9.17) is 9.47 Å². The molecule has 0 saturated heterocycles. The third-order valence-electron chi connectivity index (χ3n) is 2.17. The van der Waals surface area contributed by atoms with Crippen LogP contribution in [0.25, 0.3) is 0 Å². The molecule has 1 N–H and O–H groups in total. The number of nitrogens with one attached hydrogen (secondary N) is 1. The summed E-state index contributed by atoms with van der Waals surface area (Å²) in [5.74, 6) is 0.942. The first kappa shape index (κ1) is 13.0. The molecular formula is C13H21NO2. The summed E-state index contributed by atoms with van der Waals surface area (Å²) < 4.78 is 11.0. The molecular weight excluding hydrogens is 202 g/mol. The minimum absolute atomic E-state index is 0.612. The number of para-hydroxylation sites is 1. The summed E-state index contributed by atoms with van der Waals surface area (Å²) in [6.45, 7) is 5.00. The summed E-state index contributed by atoms with van der Waals surface area (Å²) in [5, 5.41) is 3.12. The van der Waals surface area contributed by atoms with Gasteiger partial charge in [-0.05, 0) is 19.5 Å². The van der Waals surface area contributed by atoms with Gasteiger partial charge in [-0.3, -0.25) is 0 Å². The molecule has 0 spiro atoms. The topological polar surface area (TPSA) is 30.5 Å². The summed E-state index contributed by atoms with van der Waals surface area (Å²) in [5.41, 5.74) is 1.18. The second kappa shape index (κ2) is 8.13. The lowest BCUT2D eigenvalue weighted by molar-refractivity contribution is 0.100. The Labute approximate surface area is 97.8 Å². The maximum Gasteiger partial charge on any atom is 0.123 e. The summed E-state index contributed by atoms with van der Waals surface area (Å²) in [4.78, 5) is 0. The Bertz CT molecular complexity index is 289. The van der Waals surface area contributed by atoms with E-state index in [-0.39, 0.29) is 0 Å². The second-order valence-electron chi connectivity index (χ2n) is 3.60. The Balaban J connectivity index is 2.34. The van der Waals surface area contributed by atoms with Gasteiger partial charge >= 0.3 is 0 Å². The Morgan fingerprint density at radius 1 is 1.12 bits per heavy atom. The van der Waals surface area contributed by atoms with Crippen LogP contribution in [0.2, 0.25) is 0 Å². The predicted octanol–water partition coefficient (Wildman–Crippen LogP) is 2.21. The van der Waals surface area contributed by atoms with Crippen LogP contribution in [-0.2, 0) is 11.3 Å². The third-order valence-corrected chi connectivity index (χ3v) is 2.17. The molecule has 0 aliphatic heterocycles. The van der Waals surface area contributed by atoms with E-state index in [0.717, 1.165) is 25.3 Å². The van der Waals surface area contributed by atoms with E-state index < -0.39 is 0 Å². The Morgan fingerprint density at radius 2 is 1.94 bits per heavy atom. The molecule has 3 nitrogen and oxygen atoms in total. The van der Waals surface area contributed by atoms with Gasteiger partial charge in [0, 0.05) is 18.7 Å². The summed E-state index contributed by atoms with van der Waals surface area (Å²) in [7, 11) is 1.93. The second-order valence-corrected chi connectivity index (χ2v) is 3.60. The van der Waals surface area contributed by atoms with Crippen molar-refractivity contribution in [1.82, 2.24) is 5.32 Å². The number of hydrogen-bond donors (Lipinski definition) is 1. The first-order valence-electron chi connectivity index (χ1n) is 5.81. The van der Waals surface area contributed by atoms with Crippen molar-refractivity contribution in [2.45, 2.75) is 19.9 Å². The molecule has 0 radical (unpaired) electrons. The molecule has 0 fully saturated rings. The van der Waals surface area contributed by atoms with Crippen LogP contribution in [0.15, 0.2) is 24.3 Å². The molecule has 0 atom stereocenters. The summed E-state index contributed by atoms with van der Waals surface area (Å²) in [6.07, 6.45) is 1.05. The van der Waals surface area contributed by atoms with Gasteiger partial charge in [0.05, 0.1) is 6.61 Å². The molecule has 0 bridgehead atoms. The van der Waals surface area contributed by atoms with Crippen molar-refractivity contribution in [1.29, 1.82) is 0 Å². The lowest BCUT2D eigenvalue weighted by Gasteiger charge is -2.11. The molecule has 0 aliphatic carbocycles. The summed E-state index contributed by atoms with van der Waals surface area (Å²) >= 11 is 0. The van der Waals surface area contributed by atoms with Gasteiger partial charge in [-0.1, -0.05) is 25.1 Å². The van der Waals surface area contributed by atoms with Gasteiger partial charge in [-0.2, -0.15) is 0 Å². The zero-order valence-electron chi connectivity index (χ0n) is 10.2. The molecule has 16 heavy (non-hydrogen) atoms. The molecule has 1 rings (SSSR count). The Hall–Kier alpha value is -1.06. The van der Waals surface area contributed by atoms with Crippen LogP contribution < -0.4 is 10.1 Å². The maximum absolute atomic E-state index is 5.67. The molecule has 1 aromatic carbocycles. The first-order chi connectivity index (χ1) is 7.88. The van der Waals surface area contributed by atoms with E-state index in [1.54, 1.807) is 0 Å². The molecule has 3 heteroatoms. The zero-order valence-corrected chi connectivity index (χ0v) is 10.2. The van der Waals surface area contributed by atoms with Crippen LogP contribution >= 0.6 is 0 Å². The van der Waals surface area contributed by atoms with Crippen LogP contribution in [-0.4, -0.2) is 26.9 Å². The highest BCUT2D eigenvalue weighted by Gasteiger charge is 2.00. The van der Waals surface area contributed by atoms with Crippen LogP contribution in [0.1, 0.15) is 18.9 Å². The highest BCUT2D eigenvalue weighted by molar-refractivity contribution is 5.33. The average molecular weight is 223 g/mol. The quantitative estimate of drug-likeness (QED) is 0.685. The first-order valence-corrected chi connectivity index (χ1v) is 5.81. The fourth-order valence-corrected chi connectivity index (χ4v) is 1.44. The monoisotopic (exact) mass is 223 g/mol. The van der Waals surface area contributed by atoms with E-state index in [1.165, 1.54) is 5.56 Å². The fourth-order valence-electron chi connectivity index (χ4n) is 1.44. The Morgan fingerprint density at radius 3 is 2.69 bits per heavy atom. The van der Waals surface area contributed by atoms with Gasteiger partial charge in [0.15, 0.2) is 0 Å². The molecule has 0 aliphatic rings. The predicted molar refractivity (Wildman–Crippen MR) is 65.8 cm³/mol. The maximum atomic E-state index is 5.67. The molecule has 1 aromatic rings. The minimum atomic E-state index is 0.612. The average Bonchev–Trinajstić information content (AvgIpc) is 2.31. The van der Waals surface area contributed by atoms with Crippen molar-refractivity contribution in [3.05, 3.63) is 29.8 Å². The van der Waals surface area contributed by atoms with Crippen molar-refractivity contribution in [3.8, 4) is 5.75 Å². The zero-order chi connectivity index (χ0) is 11.6. The smallest absolute Gasteiger partial charge is 0.123 e. The number of rotatable bonds is 8. The Kier molecular flexibility index (Phi) is 6.61. The molecule has 0 saturated carbocycles. The molecule has 0 heterocycles. The molecule has 90 valence electrons. The number of benzene rings is 1. The standard InChI is InChI=1S/C13H21NO2/c1-3-8-15-9-10-16-13-7-5-4-6-12(13)11-14-2/h4-7,14H,3,8-11H2,1-2H3. The van der Waals surface area contributed by atoms with E-state index in [1.807, 2.05) is 25.2 Å². The van der Waals surface area contributed by atoms with Crippen LogP contribution in [0.3, 0.4) is 0 Å². The van der Waals surface area contributed by atoms with E-state index in [2.05, 4.69) is 18.3 Å². The van der Waals surface area contributed by atoms with Crippen molar-refractivity contribution < 1.29 is 9.47 Å². The minimum Gasteiger partial charge on any atom is -0.491 e. The molecule has 0 amide bonds. The van der Waals surface area contributed by atoms with Crippen molar-refractivity contribution in [2.75, 3.05) is 26.9 Å². The van der Waals surface area contributed by atoms with Gasteiger partial charge in [-0.25, -0.2) is 0 Å². The fraction of sp³-hybridized carbons (Fsp3) is 0.538. The van der Waals surface area contributed by atoms with Crippen molar-refractivity contribution in [3.63, 3.8) is 0 Å². The normalized spacial score (nSPS) is 10.4. The van der Waals surface area contributed by atoms with E-state index >= 15 is 0 Å². The van der Waals surface area contributed by atoms with Gasteiger partial charge in [-0.15, -0.1) is 0 Å². The van der Waals surface area contributed by atoms with Crippen LogP contribution in [0.5, 0.6) is 5.75 Å². The van der Waals surface area contributed by atoms with Gasteiger partial charge in [0.1, 0.15) is 12.4 Å². The number of hydrogen-bond acceptors (Lipinski definition) is 3. The highest BCUT2D eigenvalue weighted by Crippen LogP contribution is 2.17. The van der Waals surface area contributed by atoms with Gasteiger partial charge in [0.2, 0.25) is 0 Å². The lowest BCUT2D eigenvalue weighted by Crippen LogP contribution is -2.11. The van der Waals surface area contributed by atoms with Gasteiger partial charge < -0.3 is 14.8 Å². The van der Waals surface area contributed by atoms with E-state index in [0.29, 0.717) is 13.2 Å². The largest absolute Gasteiger partial charge is 0.491 e. The van der Waals surface area contributed by atoms with Gasteiger partial charge in [0.25, 0.3) is 0 Å². The number of ether oxygens (including phenoxy) is 2. The van der Waals surface area contributed by atoms with Crippen molar-refractivity contribution in [2.24, 2.45) is 0 Å².